The van der Waals surface area contributed by atoms with E-state index >= 15 is 0 Å². The summed E-state index contributed by atoms with van der Waals surface area (Å²) in [6.07, 6.45) is 1.42. The Balaban J connectivity index is 1.71. The molecule has 1 amide bonds. The second kappa shape index (κ2) is 7.44. The molecule has 2 fully saturated rings. The number of nitrogens with zero attached hydrogens (tertiary/aromatic N) is 1. The SMILES string of the molecule is CC(C)(C)OC(=O)[C@@H]1CCCN1C(=O)c1ccc(B2OC(C)(C)C(C)(C)O2)cc1. The number of carbonyl (C=O) groups is 2. The molecule has 2 aliphatic heterocycles. The Hall–Kier alpha value is -1.86. The molecule has 0 radical (unpaired) electrons. The molecule has 1 aromatic rings. The Morgan fingerprint density at radius 1 is 1.07 bits per heavy atom. The monoisotopic (exact) mass is 401 g/mol. The van der Waals surface area contributed by atoms with Crippen LogP contribution in [-0.4, -0.2) is 53.3 Å². The van der Waals surface area contributed by atoms with E-state index in [1.165, 1.54) is 0 Å². The van der Waals surface area contributed by atoms with Crippen molar-refractivity contribution in [1.82, 2.24) is 4.90 Å². The summed E-state index contributed by atoms with van der Waals surface area (Å²) < 4.78 is 17.6. The zero-order valence-electron chi connectivity index (χ0n) is 18.6. The van der Waals surface area contributed by atoms with Crippen LogP contribution in [0.3, 0.4) is 0 Å². The van der Waals surface area contributed by atoms with Gasteiger partial charge in [0.25, 0.3) is 5.91 Å². The summed E-state index contributed by atoms with van der Waals surface area (Å²) in [5.74, 6) is -0.490. The number of rotatable bonds is 3. The minimum atomic E-state index is -0.571. The molecule has 7 heteroatoms. The largest absolute Gasteiger partial charge is 0.494 e. The zero-order chi connectivity index (χ0) is 21.6. The average molecular weight is 401 g/mol. The van der Waals surface area contributed by atoms with Crippen LogP contribution in [0.4, 0.5) is 0 Å². The standard InChI is InChI=1S/C22H32BNO5/c1-20(2,3)27-19(26)17-9-8-14-24(17)18(25)15-10-12-16(13-11-15)23-28-21(4,5)22(6,7)29-23/h10-13,17H,8-9,14H2,1-7H3/t17-/m0/s1. The molecule has 0 spiro atoms. The van der Waals surface area contributed by atoms with Gasteiger partial charge in [0.15, 0.2) is 0 Å². The predicted molar refractivity (Wildman–Crippen MR) is 112 cm³/mol. The smallest absolute Gasteiger partial charge is 0.458 e. The van der Waals surface area contributed by atoms with Crippen molar-refractivity contribution in [3.8, 4) is 0 Å². The molecular weight excluding hydrogens is 369 g/mol. The highest BCUT2D eigenvalue weighted by atomic mass is 16.7. The van der Waals surface area contributed by atoms with Crippen molar-refractivity contribution in [1.29, 1.82) is 0 Å². The lowest BCUT2D eigenvalue weighted by Crippen LogP contribution is -2.43. The van der Waals surface area contributed by atoms with Gasteiger partial charge in [0.2, 0.25) is 0 Å². The van der Waals surface area contributed by atoms with Crippen LogP contribution in [0.2, 0.25) is 0 Å². The van der Waals surface area contributed by atoms with Crippen molar-refractivity contribution in [3.63, 3.8) is 0 Å². The molecule has 2 saturated heterocycles. The Kier molecular flexibility index (Phi) is 5.60. The quantitative estimate of drug-likeness (QED) is 0.576. The van der Waals surface area contributed by atoms with E-state index in [1.54, 1.807) is 17.0 Å². The van der Waals surface area contributed by atoms with E-state index in [0.717, 1.165) is 11.9 Å². The summed E-state index contributed by atoms with van der Waals surface area (Å²) in [5, 5.41) is 0. The second-order valence-electron chi connectivity index (χ2n) is 9.90. The third-order valence-electron chi connectivity index (χ3n) is 5.88. The molecule has 0 aromatic heterocycles. The van der Waals surface area contributed by atoms with E-state index < -0.39 is 30.0 Å². The molecule has 1 aromatic carbocycles. The molecule has 158 valence electrons. The van der Waals surface area contributed by atoms with Crippen LogP contribution in [0.15, 0.2) is 24.3 Å². The fourth-order valence-corrected chi connectivity index (χ4v) is 3.55. The first-order valence-corrected chi connectivity index (χ1v) is 10.3. The number of amides is 1. The molecule has 1 atom stereocenters. The van der Waals surface area contributed by atoms with Crippen molar-refractivity contribution in [2.24, 2.45) is 0 Å². The Morgan fingerprint density at radius 3 is 2.14 bits per heavy atom. The van der Waals surface area contributed by atoms with Gasteiger partial charge in [-0.2, -0.15) is 0 Å². The van der Waals surface area contributed by atoms with E-state index in [2.05, 4.69) is 0 Å². The highest BCUT2D eigenvalue weighted by Crippen LogP contribution is 2.36. The van der Waals surface area contributed by atoms with E-state index in [4.69, 9.17) is 14.0 Å². The van der Waals surface area contributed by atoms with Gasteiger partial charge >= 0.3 is 13.1 Å². The van der Waals surface area contributed by atoms with Gasteiger partial charge in [-0.3, -0.25) is 4.79 Å². The predicted octanol–water partition coefficient (Wildman–Crippen LogP) is 2.93. The van der Waals surface area contributed by atoms with Crippen LogP contribution in [0.5, 0.6) is 0 Å². The molecule has 0 saturated carbocycles. The number of likely N-dealkylation sites (tertiary alicyclic amines) is 1. The van der Waals surface area contributed by atoms with E-state index in [9.17, 15) is 9.59 Å². The Labute approximate surface area is 174 Å². The Morgan fingerprint density at radius 2 is 1.62 bits per heavy atom. The number of carbonyl (C=O) groups excluding carboxylic acids is 2. The summed E-state index contributed by atoms with van der Waals surface area (Å²) in [7, 11) is -0.467. The van der Waals surface area contributed by atoms with E-state index in [1.807, 2.05) is 60.6 Å². The zero-order valence-corrected chi connectivity index (χ0v) is 18.6. The van der Waals surface area contributed by atoms with E-state index in [-0.39, 0.29) is 11.9 Å². The van der Waals surface area contributed by atoms with Crippen LogP contribution >= 0.6 is 0 Å². The fraction of sp³-hybridized carbons (Fsp3) is 0.636. The minimum Gasteiger partial charge on any atom is -0.458 e. The van der Waals surface area contributed by atoms with Crippen LogP contribution < -0.4 is 5.46 Å². The highest BCUT2D eigenvalue weighted by Gasteiger charge is 2.51. The van der Waals surface area contributed by atoms with Crippen molar-refractivity contribution < 1.29 is 23.6 Å². The maximum absolute atomic E-state index is 13.0. The van der Waals surface area contributed by atoms with Crippen LogP contribution in [0, 0.1) is 0 Å². The summed E-state index contributed by atoms with van der Waals surface area (Å²) in [6, 6.07) is 6.73. The van der Waals surface area contributed by atoms with E-state index in [0.29, 0.717) is 18.5 Å². The Bertz CT molecular complexity index is 765. The number of hydrogen-bond donors (Lipinski definition) is 0. The molecule has 0 unspecified atom stereocenters. The van der Waals surface area contributed by atoms with Gasteiger partial charge in [-0.05, 0) is 78.9 Å². The summed E-state index contributed by atoms with van der Waals surface area (Å²) in [6.45, 7) is 14.1. The number of esters is 1. The van der Waals surface area contributed by atoms with Gasteiger partial charge in [0, 0.05) is 12.1 Å². The van der Waals surface area contributed by atoms with Crippen molar-refractivity contribution >= 4 is 24.5 Å². The maximum Gasteiger partial charge on any atom is 0.494 e. The lowest BCUT2D eigenvalue weighted by atomic mass is 9.79. The number of benzene rings is 1. The first-order valence-electron chi connectivity index (χ1n) is 10.3. The third kappa shape index (κ3) is 4.51. The molecule has 0 aliphatic carbocycles. The number of hydrogen-bond acceptors (Lipinski definition) is 5. The molecule has 6 nitrogen and oxygen atoms in total. The van der Waals surface area contributed by atoms with Crippen molar-refractivity contribution in [2.75, 3.05) is 6.54 Å². The number of ether oxygens (including phenoxy) is 1. The molecule has 0 N–H and O–H groups in total. The molecule has 2 aliphatic rings. The molecule has 3 rings (SSSR count). The van der Waals surface area contributed by atoms with Crippen molar-refractivity contribution in [2.45, 2.75) is 84.2 Å². The topological polar surface area (TPSA) is 65.1 Å². The van der Waals surface area contributed by atoms with Crippen molar-refractivity contribution in [3.05, 3.63) is 29.8 Å². The second-order valence-corrected chi connectivity index (χ2v) is 9.90. The highest BCUT2D eigenvalue weighted by molar-refractivity contribution is 6.62. The maximum atomic E-state index is 13.0. The summed E-state index contributed by atoms with van der Waals surface area (Å²) >= 11 is 0. The normalized spacial score (nSPS) is 23.3. The van der Waals surface area contributed by atoms with Gasteiger partial charge in [-0.15, -0.1) is 0 Å². The average Bonchev–Trinajstić information content (AvgIpc) is 3.16. The molecule has 0 bridgehead atoms. The van der Waals surface area contributed by atoms with Crippen LogP contribution in [0.1, 0.15) is 71.7 Å². The van der Waals surface area contributed by atoms with Crippen LogP contribution in [0.25, 0.3) is 0 Å². The van der Waals surface area contributed by atoms with Gasteiger partial charge in [-0.25, -0.2) is 4.79 Å². The van der Waals surface area contributed by atoms with Gasteiger partial charge in [0.1, 0.15) is 11.6 Å². The fourth-order valence-electron chi connectivity index (χ4n) is 3.55. The van der Waals surface area contributed by atoms with Crippen LogP contribution in [-0.2, 0) is 18.8 Å². The van der Waals surface area contributed by atoms with Gasteiger partial charge < -0.3 is 18.9 Å². The summed E-state index contributed by atoms with van der Waals surface area (Å²) in [5.41, 5.74) is 0.00913. The third-order valence-corrected chi connectivity index (χ3v) is 5.88. The minimum absolute atomic E-state index is 0.154. The van der Waals surface area contributed by atoms with Gasteiger partial charge in [-0.1, -0.05) is 12.1 Å². The first kappa shape index (κ1) is 21.8. The lowest BCUT2D eigenvalue weighted by Gasteiger charge is -2.32. The molecule has 29 heavy (non-hydrogen) atoms. The van der Waals surface area contributed by atoms with Gasteiger partial charge in [0.05, 0.1) is 11.2 Å². The molecular formula is C22H32BNO5. The first-order chi connectivity index (χ1) is 13.3. The summed E-state index contributed by atoms with van der Waals surface area (Å²) in [4.78, 5) is 27.2. The molecule has 2 heterocycles. The lowest BCUT2D eigenvalue weighted by molar-refractivity contribution is -0.159.